The number of para-hydroxylation sites is 4. The fourth-order valence-corrected chi connectivity index (χ4v) is 20.8. The summed E-state index contributed by atoms with van der Waals surface area (Å²) in [4.78, 5) is 31.4. The molecule has 0 N–H and O–H groups in total. The lowest BCUT2D eigenvalue weighted by atomic mass is 10.0. The van der Waals surface area contributed by atoms with E-state index in [1.807, 2.05) is 11.3 Å². The van der Waals surface area contributed by atoms with Gasteiger partial charge in [-0.3, -0.25) is 9.13 Å². The smallest absolute Gasteiger partial charge is 0.238 e. The van der Waals surface area contributed by atoms with E-state index >= 15 is 0 Å². The van der Waals surface area contributed by atoms with Crippen molar-refractivity contribution in [3.05, 3.63) is 437 Å². The zero-order valence-electron chi connectivity index (χ0n) is 69.4. The zero-order valence-corrected chi connectivity index (χ0v) is 70.3. The molecule has 129 heavy (non-hydrogen) atoms. The highest BCUT2D eigenvalue weighted by molar-refractivity contribution is 7.25. The van der Waals surface area contributed by atoms with Crippen LogP contribution in [0.5, 0.6) is 0 Å². The summed E-state index contributed by atoms with van der Waals surface area (Å²) < 4.78 is 11.8. The third kappa shape index (κ3) is 12.5. The summed E-state index contributed by atoms with van der Waals surface area (Å²) in [6, 6.07) is 156. The first-order valence-corrected chi connectivity index (χ1v) is 44.4. The maximum Gasteiger partial charge on any atom is 0.238 e. The van der Waals surface area contributed by atoms with E-state index in [1.165, 1.54) is 102 Å². The summed E-state index contributed by atoms with van der Waals surface area (Å²) in [6.45, 7) is 0. The number of hydrogen-bond acceptors (Lipinski definition) is 7. The van der Waals surface area contributed by atoms with E-state index in [4.69, 9.17) is 29.9 Å². The molecule has 0 saturated heterocycles. The maximum absolute atomic E-state index is 5.28. The minimum absolute atomic E-state index is 0.575. The van der Waals surface area contributed by atoms with E-state index in [2.05, 4.69) is 455 Å². The van der Waals surface area contributed by atoms with E-state index in [9.17, 15) is 0 Å². The second-order valence-electron chi connectivity index (χ2n) is 33.3. The lowest BCUT2D eigenvalue weighted by molar-refractivity contribution is 0.953. The van der Waals surface area contributed by atoms with Crippen LogP contribution in [0.15, 0.2) is 437 Å². The largest absolute Gasteiger partial charge is 0.309 e. The molecule has 0 amide bonds. The molecule has 0 fully saturated rings. The van der Waals surface area contributed by atoms with Crippen LogP contribution in [0.25, 0.3) is 253 Å². The Kier molecular flexibility index (Phi) is 17.0. The minimum Gasteiger partial charge on any atom is -0.309 e. The Morgan fingerprint density at radius 1 is 0.147 bits per heavy atom. The van der Waals surface area contributed by atoms with Crippen LogP contribution in [-0.4, -0.2) is 48.2 Å². The van der Waals surface area contributed by atoms with Crippen LogP contribution in [0.3, 0.4) is 0 Å². The lowest BCUT2D eigenvalue weighted by Crippen LogP contribution is -2.06. The lowest BCUT2D eigenvalue weighted by Gasteiger charge is -2.12. The molecule has 0 aliphatic carbocycles. The first-order chi connectivity index (χ1) is 63.9. The van der Waals surface area contributed by atoms with Crippen molar-refractivity contribution in [1.82, 2.24) is 48.2 Å². The van der Waals surface area contributed by atoms with Gasteiger partial charge in [0.25, 0.3) is 0 Å². The molecule has 7 heterocycles. The van der Waals surface area contributed by atoms with Crippen molar-refractivity contribution in [3.8, 4) is 102 Å². The third-order valence-electron chi connectivity index (χ3n) is 25.9. The molecule has 600 valence electrons. The molecule has 0 spiro atoms. The Morgan fingerprint density at radius 3 is 0.829 bits per heavy atom. The van der Waals surface area contributed by atoms with Crippen LogP contribution in [-0.2, 0) is 0 Å². The van der Waals surface area contributed by atoms with Crippen LogP contribution in [0.1, 0.15) is 0 Å². The van der Waals surface area contributed by atoms with E-state index in [1.54, 1.807) is 0 Å². The van der Waals surface area contributed by atoms with Gasteiger partial charge in [0.15, 0.2) is 23.3 Å². The van der Waals surface area contributed by atoms with E-state index < -0.39 is 0 Å². The molecule has 11 heteroatoms. The molecule has 0 radical (unpaired) electrons. The average molecular weight is 1660 g/mol. The Morgan fingerprint density at radius 2 is 0.434 bits per heavy atom. The molecule has 0 unspecified atom stereocenters. The van der Waals surface area contributed by atoms with Crippen molar-refractivity contribution in [3.63, 3.8) is 0 Å². The predicted molar refractivity (Wildman–Crippen MR) is 538 cm³/mol. The number of benzene rings is 20. The van der Waals surface area contributed by atoms with Crippen molar-refractivity contribution < 1.29 is 0 Å². The number of aromatic nitrogens is 10. The van der Waals surface area contributed by atoms with E-state index in [0.29, 0.717) is 35.2 Å². The number of rotatable bonds is 11. The highest BCUT2D eigenvalue weighted by Gasteiger charge is 2.25. The molecule has 0 aliphatic heterocycles. The molecule has 0 bridgehead atoms. The number of hydrogen-bond donors (Lipinski definition) is 0. The molecule has 0 aliphatic rings. The van der Waals surface area contributed by atoms with Gasteiger partial charge in [-0.1, -0.05) is 303 Å². The third-order valence-corrected chi connectivity index (χ3v) is 27.0. The highest BCUT2D eigenvalue weighted by Crippen LogP contribution is 2.45. The molecular formula is C118H72N10S. The van der Waals surface area contributed by atoms with Gasteiger partial charge in [-0.25, -0.2) is 9.97 Å². The maximum atomic E-state index is 5.28. The molecule has 0 atom stereocenters. The number of thiophene rings is 1. The van der Waals surface area contributed by atoms with Crippen LogP contribution >= 0.6 is 11.3 Å². The molecule has 10 nitrogen and oxygen atoms in total. The van der Waals surface area contributed by atoms with Gasteiger partial charge in [-0.2, -0.15) is 19.9 Å². The second-order valence-corrected chi connectivity index (χ2v) is 34.4. The zero-order chi connectivity index (χ0) is 84.7. The van der Waals surface area contributed by atoms with Gasteiger partial charge in [0, 0.05) is 96.9 Å². The first kappa shape index (κ1) is 73.4. The van der Waals surface area contributed by atoms with Crippen LogP contribution < -0.4 is 0 Å². The van der Waals surface area contributed by atoms with Gasteiger partial charge in [0.2, 0.25) is 11.9 Å². The molecular weight excluding hydrogens is 1590 g/mol. The molecule has 27 aromatic rings. The summed E-state index contributed by atoms with van der Waals surface area (Å²) in [6.07, 6.45) is 0. The van der Waals surface area contributed by atoms with Crippen molar-refractivity contribution in [2.75, 3.05) is 0 Å². The standard InChI is InChI=1S/C59H35N5S.C59H37N5/c1-3-13-38-31-42(23-21-36(38)11-1)57-60-58(43-24-22-37-12-2-4-14-39(37)32-43)62-59(61-57)64-52-19-9-6-16-46(52)49-34-41(26-29-54(49)64)40-25-28-53-48(33-40)45-15-5-8-18-51(45)63(53)44-27-30-56-50(35-44)47-17-7-10-20-55(47)65-56;1-2-13-38(14-3-1)43-19-12-20-48(35-43)63-53-23-10-8-21-49(53)51-36-44(29-31-55(51)63)45-30-32-56-52(37-45)50-22-9-11-24-54(50)64(56)59-61-57(46-27-25-39-15-4-6-17-41(39)33-46)60-58(62-59)47-28-26-40-16-5-7-18-42(40)34-47/h1-35H;1-37H. The minimum atomic E-state index is 0.575. The van der Waals surface area contributed by atoms with Gasteiger partial charge in [0.1, 0.15) is 0 Å². The Labute approximate surface area is 743 Å². The fourth-order valence-electron chi connectivity index (χ4n) is 19.7. The van der Waals surface area contributed by atoms with Gasteiger partial charge in [-0.15, -0.1) is 11.3 Å². The second kappa shape index (κ2) is 29.8. The summed E-state index contributed by atoms with van der Waals surface area (Å²) in [5.74, 6) is 3.66. The summed E-state index contributed by atoms with van der Waals surface area (Å²) in [5, 5.41) is 21.3. The normalized spacial score (nSPS) is 11.9. The van der Waals surface area contributed by atoms with Crippen LogP contribution in [0.4, 0.5) is 0 Å². The predicted octanol–water partition coefficient (Wildman–Crippen LogP) is 30.8. The summed E-state index contributed by atoms with van der Waals surface area (Å²) >= 11 is 1.85. The van der Waals surface area contributed by atoms with Crippen molar-refractivity contribution in [1.29, 1.82) is 0 Å². The Balaban J connectivity index is 0.000000136. The van der Waals surface area contributed by atoms with E-state index in [0.717, 1.165) is 115 Å². The van der Waals surface area contributed by atoms with Gasteiger partial charge in [-0.05, 0) is 210 Å². The topological polar surface area (TPSA) is 97.1 Å². The Hall–Kier alpha value is -17.1. The summed E-state index contributed by atoms with van der Waals surface area (Å²) in [7, 11) is 0. The molecule has 27 rings (SSSR count). The van der Waals surface area contributed by atoms with Gasteiger partial charge >= 0.3 is 0 Å². The van der Waals surface area contributed by atoms with Gasteiger partial charge < -0.3 is 9.13 Å². The summed E-state index contributed by atoms with van der Waals surface area (Å²) in [5.41, 5.74) is 21.9. The average Bonchev–Trinajstić information content (AvgIpc) is 1.59. The highest BCUT2D eigenvalue weighted by atomic mass is 32.1. The van der Waals surface area contributed by atoms with Crippen molar-refractivity contribution >= 4 is 162 Å². The number of nitrogens with zero attached hydrogens (tertiary/aromatic N) is 10. The fraction of sp³-hybridized carbons (Fsp3) is 0. The van der Waals surface area contributed by atoms with Gasteiger partial charge in [0.05, 0.1) is 44.1 Å². The Bertz CT molecular complexity index is 9120. The van der Waals surface area contributed by atoms with Crippen LogP contribution in [0, 0.1) is 0 Å². The van der Waals surface area contributed by atoms with Crippen molar-refractivity contribution in [2.24, 2.45) is 0 Å². The monoisotopic (exact) mass is 1660 g/mol. The van der Waals surface area contributed by atoms with Crippen molar-refractivity contribution in [2.45, 2.75) is 0 Å². The molecule has 0 saturated carbocycles. The quantitative estimate of drug-likeness (QED) is 0.128. The van der Waals surface area contributed by atoms with E-state index in [-0.39, 0.29) is 0 Å². The molecule has 20 aromatic carbocycles. The first-order valence-electron chi connectivity index (χ1n) is 43.6. The van der Waals surface area contributed by atoms with Crippen LogP contribution in [0.2, 0.25) is 0 Å². The SMILES string of the molecule is c1ccc(-c2cccc(-n3c4ccccc4c4cc(-c5ccc6c(c5)c5ccccc5n6-c5nc(-c6ccc7ccccc7c6)nc(-c6ccc7ccccc7c6)n5)ccc43)c2)cc1.c1ccc2cc(-c3nc(-c4ccc5ccccc5c4)nc(-n4c5ccccc5c5cc(-c6ccc7c(c6)c6ccccc6n7-c6ccc7sc8ccccc8c7c6)ccc54)n3)ccc2c1. The number of fused-ring (bicyclic) bond motifs is 19. The molecule has 7 aromatic heterocycles.